The summed E-state index contributed by atoms with van der Waals surface area (Å²) in [5, 5.41) is 12.6. The molecule has 0 aliphatic heterocycles. The highest BCUT2D eigenvalue weighted by Gasteiger charge is 2.06. The average Bonchev–Trinajstić information content (AvgIpc) is 2.96. The van der Waals surface area contributed by atoms with E-state index in [2.05, 4.69) is 16.4 Å². The molecule has 2 aromatic rings. The van der Waals surface area contributed by atoms with Crippen molar-refractivity contribution in [1.82, 2.24) is 9.55 Å². The Labute approximate surface area is 117 Å². The van der Waals surface area contributed by atoms with Gasteiger partial charge in [-0.2, -0.15) is 5.26 Å². The van der Waals surface area contributed by atoms with Crippen LogP contribution in [0, 0.1) is 11.3 Å². The Morgan fingerprint density at radius 3 is 3.05 bits per heavy atom. The Bertz CT molecular complexity index is 557. The first-order valence-corrected chi connectivity index (χ1v) is 7.34. The maximum atomic E-state index is 9.22. The number of hydrogen-bond acceptors (Lipinski definition) is 4. The number of benzene rings is 1. The highest BCUT2D eigenvalue weighted by Crippen LogP contribution is 2.26. The van der Waals surface area contributed by atoms with Crippen LogP contribution in [0.2, 0.25) is 0 Å². The number of aryl methyl sites for hydroxylation is 1. The second-order valence-electron chi connectivity index (χ2n) is 4.08. The molecule has 0 amide bonds. The maximum Gasteiger partial charge on any atom is 0.102 e. The van der Waals surface area contributed by atoms with Gasteiger partial charge < -0.3 is 9.88 Å². The molecule has 4 nitrogen and oxygen atoms in total. The summed E-state index contributed by atoms with van der Waals surface area (Å²) in [7, 11) is 0. The smallest absolute Gasteiger partial charge is 0.102 e. The summed E-state index contributed by atoms with van der Waals surface area (Å²) < 4.78 is 2.05. The van der Waals surface area contributed by atoms with Crippen molar-refractivity contribution in [3.8, 4) is 6.07 Å². The van der Waals surface area contributed by atoms with Crippen molar-refractivity contribution in [3.05, 3.63) is 42.5 Å². The van der Waals surface area contributed by atoms with Crippen LogP contribution in [0.15, 0.2) is 41.8 Å². The highest BCUT2D eigenvalue weighted by molar-refractivity contribution is 7.98. The molecule has 0 unspecified atom stereocenters. The second-order valence-corrected chi connectivity index (χ2v) is 4.92. The van der Waals surface area contributed by atoms with Gasteiger partial charge in [0.15, 0.2) is 0 Å². The van der Waals surface area contributed by atoms with Crippen molar-refractivity contribution < 1.29 is 0 Å². The Morgan fingerprint density at radius 1 is 1.47 bits per heavy atom. The summed E-state index contributed by atoms with van der Waals surface area (Å²) in [5.74, 6) is 0. The summed E-state index contributed by atoms with van der Waals surface area (Å²) >= 11 is 1.60. The van der Waals surface area contributed by atoms with Crippen LogP contribution in [0.1, 0.15) is 12.0 Å². The molecule has 0 aliphatic carbocycles. The monoisotopic (exact) mass is 272 g/mol. The van der Waals surface area contributed by atoms with E-state index in [1.807, 2.05) is 41.5 Å². The predicted octanol–water partition coefficient (Wildman–Crippen LogP) is 2.98. The zero-order chi connectivity index (χ0) is 13.5. The van der Waals surface area contributed by atoms with Crippen LogP contribution in [0.25, 0.3) is 0 Å². The minimum absolute atomic E-state index is 0.734. The molecule has 1 aromatic carbocycles. The van der Waals surface area contributed by atoms with E-state index in [9.17, 15) is 5.26 Å². The lowest BCUT2D eigenvalue weighted by molar-refractivity contribution is 0.660. The minimum atomic E-state index is 0.734. The first-order chi connectivity index (χ1) is 9.35. The molecule has 1 heterocycles. The molecular weight excluding hydrogens is 256 g/mol. The Kier molecular flexibility index (Phi) is 4.87. The molecule has 0 atom stereocenters. The van der Waals surface area contributed by atoms with Gasteiger partial charge in [0.25, 0.3) is 0 Å². The number of nitriles is 1. The first kappa shape index (κ1) is 13.5. The van der Waals surface area contributed by atoms with E-state index in [1.165, 1.54) is 0 Å². The Morgan fingerprint density at radius 2 is 2.37 bits per heavy atom. The maximum absolute atomic E-state index is 9.22. The molecule has 2 rings (SSSR count). The van der Waals surface area contributed by atoms with Gasteiger partial charge in [0.2, 0.25) is 0 Å². The molecule has 0 aliphatic rings. The standard InChI is InChI=1S/C14H16N4S/c1-19-14-5-2-4-13(12(14)10-15)17-6-3-8-18-9-7-16-11-18/h2,4-5,7,9,11,17H,3,6,8H2,1H3. The number of hydrogen-bond donors (Lipinski definition) is 1. The van der Waals surface area contributed by atoms with Crippen LogP contribution in [-0.2, 0) is 6.54 Å². The van der Waals surface area contributed by atoms with Crippen molar-refractivity contribution in [2.24, 2.45) is 0 Å². The molecule has 5 heteroatoms. The second kappa shape index (κ2) is 6.86. The molecule has 98 valence electrons. The zero-order valence-electron chi connectivity index (χ0n) is 10.8. The van der Waals surface area contributed by atoms with Crippen LogP contribution in [0.3, 0.4) is 0 Å². The lowest BCUT2D eigenvalue weighted by Gasteiger charge is -2.10. The number of imidazole rings is 1. The van der Waals surface area contributed by atoms with E-state index in [1.54, 1.807) is 18.0 Å². The number of nitrogens with zero attached hydrogens (tertiary/aromatic N) is 3. The van der Waals surface area contributed by atoms with Gasteiger partial charge in [0.05, 0.1) is 17.6 Å². The lowest BCUT2D eigenvalue weighted by atomic mass is 10.2. The molecule has 0 saturated carbocycles. The third-order valence-electron chi connectivity index (χ3n) is 2.83. The van der Waals surface area contributed by atoms with Crippen molar-refractivity contribution in [1.29, 1.82) is 5.26 Å². The summed E-state index contributed by atoms with van der Waals surface area (Å²) in [6.45, 7) is 1.77. The summed E-state index contributed by atoms with van der Waals surface area (Å²) in [5.41, 5.74) is 1.65. The molecule has 0 fully saturated rings. The lowest BCUT2D eigenvalue weighted by Crippen LogP contribution is -2.07. The number of anilines is 1. The van der Waals surface area contributed by atoms with E-state index < -0.39 is 0 Å². The number of thioether (sulfide) groups is 1. The summed E-state index contributed by atoms with van der Waals surface area (Å²) in [6.07, 6.45) is 8.52. The van der Waals surface area contributed by atoms with Gasteiger partial charge in [0, 0.05) is 30.4 Å². The van der Waals surface area contributed by atoms with Crippen molar-refractivity contribution in [3.63, 3.8) is 0 Å². The van der Waals surface area contributed by atoms with Crippen LogP contribution in [0.5, 0.6) is 0 Å². The third-order valence-corrected chi connectivity index (χ3v) is 3.61. The normalized spacial score (nSPS) is 10.1. The molecular formula is C14H16N4S. The fourth-order valence-corrected chi connectivity index (χ4v) is 2.44. The van der Waals surface area contributed by atoms with Gasteiger partial charge in [-0.1, -0.05) is 6.07 Å². The largest absolute Gasteiger partial charge is 0.384 e. The number of nitrogens with one attached hydrogen (secondary N) is 1. The van der Waals surface area contributed by atoms with E-state index >= 15 is 0 Å². The van der Waals surface area contributed by atoms with E-state index in [4.69, 9.17) is 0 Å². The Balaban J connectivity index is 1.91. The molecule has 0 radical (unpaired) electrons. The Hall–Kier alpha value is -1.93. The topological polar surface area (TPSA) is 53.6 Å². The fourth-order valence-electron chi connectivity index (χ4n) is 1.87. The van der Waals surface area contributed by atoms with E-state index in [0.29, 0.717) is 0 Å². The third kappa shape index (κ3) is 3.52. The van der Waals surface area contributed by atoms with Gasteiger partial charge in [0.1, 0.15) is 6.07 Å². The van der Waals surface area contributed by atoms with Crippen molar-refractivity contribution in [2.45, 2.75) is 17.9 Å². The first-order valence-electron chi connectivity index (χ1n) is 6.12. The van der Waals surface area contributed by atoms with Gasteiger partial charge in [-0.05, 0) is 24.8 Å². The van der Waals surface area contributed by atoms with Gasteiger partial charge in [-0.25, -0.2) is 4.98 Å². The van der Waals surface area contributed by atoms with Crippen LogP contribution in [0.4, 0.5) is 5.69 Å². The molecule has 0 bridgehead atoms. The predicted molar refractivity (Wildman–Crippen MR) is 78.3 cm³/mol. The minimum Gasteiger partial charge on any atom is -0.384 e. The molecule has 1 N–H and O–H groups in total. The number of aromatic nitrogens is 2. The van der Waals surface area contributed by atoms with Crippen molar-refractivity contribution >= 4 is 17.4 Å². The molecule has 19 heavy (non-hydrogen) atoms. The van der Waals surface area contributed by atoms with Crippen molar-refractivity contribution in [2.75, 3.05) is 18.1 Å². The average molecular weight is 272 g/mol. The summed E-state index contributed by atoms with van der Waals surface area (Å²) in [6, 6.07) is 8.17. The van der Waals surface area contributed by atoms with Crippen LogP contribution in [-0.4, -0.2) is 22.4 Å². The molecule has 1 aromatic heterocycles. The quantitative estimate of drug-likeness (QED) is 0.649. The van der Waals surface area contributed by atoms with Gasteiger partial charge in [-0.15, -0.1) is 11.8 Å². The van der Waals surface area contributed by atoms with Crippen LogP contribution >= 0.6 is 11.8 Å². The van der Waals surface area contributed by atoms with Crippen LogP contribution < -0.4 is 5.32 Å². The zero-order valence-corrected chi connectivity index (χ0v) is 11.7. The SMILES string of the molecule is CSc1cccc(NCCCn2ccnc2)c1C#N. The summed E-state index contributed by atoms with van der Waals surface area (Å²) in [4.78, 5) is 5.02. The highest BCUT2D eigenvalue weighted by atomic mass is 32.2. The molecule has 0 saturated heterocycles. The van der Waals surface area contributed by atoms with Gasteiger partial charge in [-0.3, -0.25) is 0 Å². The van der Waals surface area contributed by atoms with E-state index in [0.717, 1.165) is 35.7 Å². The molecule has 0 spiro atoms. The van der Waals surface area contributed by atoms with Gasteiger partial charge >= 0.3 is 0 Å². The fraction of sp³-hybridized carbons (Fsp3) is 0.286. The number of rotatable bonds is 6. The van der Waals surface area contributed by atoms with E-state index in [-0.39, 0.29) is 0 Å².